The fraction of sp³-hybridized carbons (Fsp3) is 0.0909. The Balaban J connectivity index is 2.27. The summed E-state index contributed by atoms with van der Waals surface area (Å²) in [4.78, 5) is 10.6. The Hall–Kier alpha value is -1.82. The van der Waals surface area contributed by atoms with Crippen LogP contribution in [0.5, 0.6) is 0 Å². The van der Waals surface area contributed by atoms with Crippen LogP contribution in [0.1, 0.15) is 27.1 Å². The summed E-state index contributed by atoms with van der Waals surface area (Å²) in [7, 11) is 0. The molecular formula is C11H8FNO3S. The maximum absolute atomic E-state index is 12.7. The Morgan fingerprint density at radius 3 is 2.59 bits per heavy atom. The number of benzene rings is 1. The summed E-state index contributed by atoms with van der Waals surface area (Å²) in [5.41, 5.74) is 0.518. The van der Waals surface area contributed by atoms with Crippen LogP contribution in [0.3, 0.4) is 0 Å². The van der Waals surface area contributed by atoms with Crippen LogP contribution in [0.15, 0.2) is 34.9 Å². The Labute approximate surface area is 101 Å². The number of rotatable bonds is 3. The van der Waals surface area contributed by atoms with Crippen LogP contribution in [0, 0.1) is 5.82 Å². The predicted octanol–water partition coefficient (Wildman–Crippen LogP) is 2.53. The van der Waals surface area contributed by atoms with Gasteiger partial charge in [0.05, 0.1) is 5.25 Å². The molecule has 2 aromatic rings. The second-order valence-corrected chi connectivity index (χ2v) is 3.89. The minimum absolute atomic E-state index is 0.179. The maximum atomic E-state index is 12.7. The van der Waals surface area contributed by atoms with E-state index in [2.05, 4.69) is 17.8 Å². The first-order valence-electron chi connectivity index (χ1n) is 4.71. The summed E-state index contributed by atoms with van der Waals surface area (Å²) in [6.07, 6.45) is 0. The van der Waals surface area contributed by atoms with E-state index in [9.17, 15) is 9.18 Å². The smallest absolute Gasteiger partial charge is 0.358 e. The number of nitrogens with zero attached hydrogens (tertiary/aromatic N) is 1. The monoisotopic (exact) mass is 253 g/mol. The van der Waals surface area contributed by atoms with Crippen LogP contribution in [0.4, 0.5) is 4.39 Å². The quantitative estimate of drug-likeness (QED) is 0.825. The van der Waals surface area contributed by atoms with Crippen LogP contribution >= 0.6 is 12.6 Å². The molecule has 0 aliphatic rings. The molecule has 2 rings (SSSR count). The molecule has 0 saturated carbocycles. The highest BCUT2D eigenvalue weighted by Crippen LogP contribution is 2.28. The zero-order valence-electron chi connectivity index (χ0n) is 8.50. The van der Waals surface area contributed by atoms with Crippen molar-refractivity contribution in [1.29, 1.82) is 0 Å². The van der Waals surface area contributed by atoms with Crippen molar-refractivity contribution in [3.63, 3.8) is 0 Å². The first-order valence-corrected chi connectivity index (χ1v) is 5.23. The average molecular weight is 253 g/mol. The second-order valence-electron chi connectivity index (χ2n) is 3.37. The van der Waals surface area contributed by atoms with Crippen molar-refractivity contribution < 1.29 is 18.8 Å². The van der Waals surface area contributed by atoms with Crippen molar-refractivity contribution in [3.05, 3.63) is 53.2 Å². The lowest BCUT2D eigenvalue weighted by molar-refractivity contribution is 0.0685. The summed E-state index contributed by atoms with van der Waals surface area (Å²) >= 11 is 4.28. The van der Waals surface area contributed by atoms with E-state index in [0.717, 1.165) is 0 Å². The van der Waals surface area contributed by atoms with Crippen molar-refractivity contribution in [2.75, 3.05) is 0 Å². The summed E-state index contributed by atoms with van der Waals surface area (Å²) in [6.45, 7) is 0. The van der Waals surface area contributed by atoms with Gasteiger partial charge in [0, 0.05) is 6.07 Å². The summed E-state index contributed by atoms with van der Waals surface area (Å²) in [6, 6.07) is 7.00. The Kier molecular flexibility index (Phi) is 3.14. The van der Waals surface area contributed by atoms with E-state index < -0.39 is 11.2 Å². The molecule has 1 aromatic carbocycles. The minimum Gasteiger partial charge on any atom is -0.476 e. The highest BCUT2D eigenvalue weighted by molar-refractivity contribution is 7.80. The topological polar surface area (TPSA) is 63.3 Å². The van der Waals surface area contributed by atoms with E-state index in [1.807, 2.05) is 0 Å². The van der Waals surface area contributed by atoms with Gasteiger partial charge >= 0.3 is 5.97 Å². The van der Waals surface area contributed by atoms with Gasteiger partial charge < -0.3 is 9.63 Å². The van der Waals surface area contributed by atoms with Gasteiger partial charge in [-0.25, -0.2) is 9.18 Å². The van der Waals surface area contributed by atoms with E-state index >= 15 is 0 Å². The molecule has 4 nitrogen and oxygen atoms in total. The molecule has 0 amide bonds. The van der Waals surface area contributed by atoms with E-state index in [4.69, 9.17) is 9.63 Å². The molecule has 17 heavy (non-hydrogen) atoms. The lowest BCUT2D eigenvalue weighted by Crippen LogP contribution is -1.95. The van der Waals surface area contributed by atoms with E-state index in [1.165, 1.54) is 18.2 Å². The molecule has 1 aromatic heterocycles. The van der Waals surface area contributed by atoms with Crippen molar-refractivity contribution in [2.45, 2.75) is 5.25 Å². The van der Waals surface area contributed by atoms with Gasteiger partial charge in [0.1, 0.15) is 5.82 Å². The molecule has 0 radical (unpaired) electrons. The third-order valence-corrected chi connectivity index (χ3v) is 2.76. The van der Waals surface area contributed by atoms with Crippen LogP contribution in [0.2, 0.25) is 0 Å². The number of hydrogen-bond acceptors (Lipinski definition) is 4. The summed E-state index contributed by atoms with van der Waals surface area (Å²) < 4.78 is 17.6. The van der Waals surface area contributed by atoms with Gasteiger partial charge in [0.25, 0.3) is 0 Å². The Bertz CT molecular complexity index is 538. The van der Waals surface area contributed by atoms with Gasteiger partial charge in [0.15, 0.2) is 11.5 Å². The molecule has 1 heterocycles. The standard InChI is InChI=1S/C11H8FNO3S/c12-7-3-1-6(2-4-7)10(17)9-5-8(11(14)15)13-16-9/h1-5,10,17H,(H,14,15). The average Bonchev–Trinajstić information content (AvgIpc) is 2.78. The van der Waals surface area contributed by atoms with Gasteiger partial charge in [-0.05, 0) is 17.7 Å². The number of thiol groups is 1. The van der Waals surface area contributed by atoms with Crippen molar-refractivity contribution in [2.24, 2.45) is 0 Å². The highest BCUT2D eigenvalue weighted by atomic mass is 32.1. The third kappa shape index (κ3) is 2.47. The lowest BCUT2D eigenvalue weighted by Gasteiger charge is -2.06. The molecule has 6 heteroatoms. The van der Waals surface area contributed by atoms with Crippen molar-refractivity contribution in [3.8, 4) is 0 Å². The highest BCUT2D eigenvalue weighted by Gasteiger charge is 2.18. The van der Waals surface area contributed by atoms with Crippen LogP contribution in [0.25, 0.3) is 0 Å². The number of aromatic nitrogens is 1. The van der Waals surface area contributed by atoms with Gasteiger partial charge in [-0.1, -0.05) is 17.3 Å². The largest absolute Gasteiger partial charge is 0.476 e. The molecule has 0 bridgehead atoms. The van der Waals surface area contributed by atoms with Gasteiger partial charge in [-0.2, -0.15) is 12.6 Å². The first-order chi connectivity index (χ1) is 8.08. The van der Waals surface area contributed by atoms with E-state index in [0.29, 0.717) is 11.3 Å². The number of hydrogen-bond donors (Lipinski definition) is 2. The van der Waals surface area contributed by atoms with Gasteiger partial charge in [-0.15, -0.1) is 0 Å². The predicted molar refractivity (Wildman–Crippen MR) is 60.7 cm³/mol. The maximum Gasteiger partial charge on any atom is 0.358 e. The zero-order valence-corrected chi connectivity index (χ0v) is 9.39. The zero-order chi connectivity index (χ0) is 12.4. The van der Waals surface area contributed by atoms with Crippen molar-refractivity contribution in [1.82, 2.24) is 5.16 Å². The van der Waals surface area contributed by atoms with E-state index in [1.54, 1.807) is 12.1 Å². The Morgan fingerprint density at radius 1 is 1.41 bits per heavy atom. The molecule has 0 saturated heterocycles. The molecule has 0 aliphatic carbocycles. The lowest BCUT2D eigenvalue weighted by atomic mass is 10.1. The number of carbonyl (C=O) groups is 1. The molecule has 0 spiro atoms. The first kappa shape index (κ1) is 11.7. The number of aromatic carboxylic acids is 1. The van der Waals surface area contributed by atoms with Crippen molar-refractivity contribution >= 4 is 18.6 Å². The SMILES string of the molecule is O=C(O)c1cc(C(S)c2ccc(F)cc2)on1. The molecule has 0 aliphatic heterocycles. The molecule has 0 fully saturated rings. The normalized spacial score (nSPS) is 12.4. The fourth-order valence-electron chi connectivity index (χ4n) is 1.33. The molecule has 88 valence electrons. The van der Waals surface area contributed by atoms with Crippen LogP contribution < -0.4 is 0 Å². The second kappa shape index (κ2) is 4.58. The van der Waals surface area contributed by atoms with E-state index in [-0.39, 0.29) is 11.5 Å². The number of carboxylic acids is 1. The number of halogens is 1. The van der Waals surface area contributed by atoms with Crippen LogP contribution in [-0.4, -0.2) is 16.2 Å². The fourth-order valence-corrected chi connectivity index (χ4v) is 1.62. The molecule has 1 N–H and O–H groups in total. The summed E-state index contributed by atoms with van der Waals surface area (Å²) in [5.74, 6) is -1.21. The van der Waals surface area contributed by atoms with Gasteiger partial charge in [-0.3, -0.25) is 0 Å². The van der Waals surface area contributed by atoms with Gasteiger partial charge in [0.2, 0.25) is 0 Å². The number of carboxylic acid groups (broad SMARTS) is 1. The Morgan fingerprint density at radius 2 is 2.06 bits per heavy atom. The molecule has 1 unspecified atom stereocenters. The minimum atomic E-state index is -1.17. The third-order valence-electron chi connectivity index (χ3n) is 2.20. The molecular weight excluding hydrogens is 245 g/mol. The van der Waals surface area contributed by atoms with Crippen LogP contribution in [-0.2, 0) is 0 Å². The molecule has 1 atom stereocenters. The summed E-state index contributed by atoms with van der Waals surface area (Å²) in [5, 5.41) is 11.6.